The summed E-state index contributed by atoms with van der Waals surface area (Å²) >= 11 is 0. The average Bonchev–Trinajstić information content (AvgIpc) is 2.38. The molecule has 0 aromatic carbocycles. The minimum Gasteiger partial charge on any atom is -0.350 e. The van der Waals surface area contributed by atoms with Crippen LogP contribution in [0.4, 0.5) is 11.6 Å². The van der Waals surface area contributed by atoms with Crippen molar-refractivity contribution in [2.45, 2.75) is 13.5 Å². The molecule has 2 aromatic heterocycles. The quantitative estimate of drug-likeness (QED) is 0.650. The van der Waals surface area contributed by atoms with Gasteiger partial charge in [0, 0.05) is 18.9 Å². The number of hydrogen-bond acceptors (Lipinski definition) is 6. The highest BCUT2D eigenvalue weighted by Gasteiger charge is 2.06. The molecule has 0 atom stereocenters. The number of nitrogens with one attached hydrogen (secondary N) is 1. The van der Waals surface area contributed by atoms with Gasteiger partial charge in [-0.05, 0) is 24.1 Å². The molecule has 7 nitrogen and oxygen atoms in total. The molecule has 0 radical (unpaired) electrons. The van der Waals surface area contributed by atoms with Crippen LogP contribution in [0.5, 0.6) is 0 Å². The predicted octanol–water partition coefficient (Wildman–Crippen LogP) is 1.70. The van der Waals surface area contributed by atoms with Gasteiger partial charge in [-0.1, -0.05) is 0 Å². The van der Waals surface area contributed by atoms with Gasteiger partial charge in [-0.15, -0.1) is 0 Å². The van der Waals surface area contributed by atoms with E-state index in [1.165, 1.54) is 12.4 Å². The molecule has 2 rings (SSSR count). The van der Waals surface area contributed by atoms with Crippen molar-refractivity contribution in [3.05, 3.63) is 52.1 Å². The Labute approximate surface area is 103 Å². The van der Waals surface area contributed by atoms with E-state index in [0.717, 1.165) is 11.1 Å². The van der Waals surface area contributed by atoms with Crippen molar-refractivity contribution in [2.75, 3.05) is 5.32 Å². The maximum absolute atomic E-state index is 10.4. The standard InChI is InChI=1S/C11H11N5O2/c1-8-2-3-12-4-9(8)5-13-11-14-6-10(7-15-11)16(17)18/h2-4,6-7H,5H2,1H3,(H,13,14,15). The highest BCUT2D eigenvalue weighted by Crippen LogP contribution is 2.10. The van der Waals surface area contributed by atoms with Crippen LogP contribution in [0, 0.1) is 17.0 Å². The first kappa shape index (κ1) is 11.9. The van der Waals surface area contributed by atoms with Gasteiger partial charge < -0.3 is 5.32 Å². The van der Waals surface area contributed by atoms with Crippen LogP contribution in [0.3, 0.4) is 0 Å². The van der Waals surface area contributed by atoms with Crippen LogP contribution in [0.15, 0.2) is 30.9 Å². The van der Waals surface area contributed by atoms with Gasteiger partial charge in [0.25, 0.3) is 0 Å². The van der Waals surface area contributed by atoms with Crippen molar-refractivity contribution in [1.29, 1.82) is 0 Å². The van der Waals surface area contributed by atoms with Gasteiger partial charge in [0.15, 0.2) is 0 Å². The lowest BCUT2D eigenvalue weighted by atomic mass is 10.2. The van der Waals surface area contributed by atoms with Gasteiger partial charge in [0.2, 0.25) is 5.95 Å². The Hall–Kier alpha value is -2.57. The van der Waals surface area contributed by atoms with Crippen LogP contribution < -0.4 is 5.32 Å². The minimum absolute atomic E-state index is 0.127. The molecular formula is C11H11N5O2. The number of pyridine rings is 1. The normalized spacial score (nSPS) is 10.1. The second-order valence-corrected chi connectivity index (χ2v) is 3.68. The Morgan fingerprint density at radius 1 is 1.33 bits per heavy atom. The van der Waals surface area contributed by atoms with Crippen molar-refractivity contribution in [3.8, 4) is 0 Å². The minimum atomic E-state index is -0.533. The van der Waals surface area contributed by atoms with Gasteiger partial charge in [-0.25, -0.2) is 9.97 Å². The molecule has 0 spiro atoms. The van der Waals surface area contributed by atoms with Gasteiger partial charge in [-0.3, -0.25) is 15.1 Å². The topological polar surface area (TPSA) is 93.8 Å². The average molecular weight is 245 g/mol. The van der Waals surface area contributed by atoms with E-state index in [1.54, 1.807) is 12.4 Å². The van der Waals surface area contributed by atoms with Gasteiger partial charge in [0.05, 0.1) is 4.92 Å². The largest absolute Gasteiger partial charge is 0.350 e. The summed E-state index contributed by atoms with van der Waals surface area (Å²) in [7, 11) is 0. The summed E-state index contributed by atoms with van der Waals surface area (Å²) in [6.07, 6.45) is 5.83. The lowest BCUT2D eigenvalue weighted by Gasteiger charge is -2.06. The Morgan fingerprint density at radius 3 is 2.67 bits per heavy atom. The molecule has 0 aliphatic heterocycles. The highest BCUT2D eigenvalue weighted by molar-refractivity contribution is 5.33. The molecule has 0 unspecified atom stereocenters. The van der Waals surface area contributed by atoms with E-state index in [2.05, 4.69) is 20.3 Å². The van der Waals surface area contributed by atoms with Crippen molar-refractivity contribution in [2.24, 2.45) is 0 Å². The fourth-order valence-electron chi connectivity index (χ4n) is 1.36. The second-order valence-electron chi connectivity index (χ2n) is 3.68. The van der Waals surface area contributed by atoms with Crippen molar-refractivity contribution >= 4 is 11.6 Å². The summed E-state index contributed by atoms with van der Waals surface area (Å²) in [6.45, 7) is 2.51. The Morgan fingerprint density at radius 2 is 2.06 bits per heavy atom. The molecule has 0 amide bonds. The summed E-state index contributed by atoms with van der Waals surface area (Å²) in [4.78, 5) is 21.6. The lowest BCUT2D eigenvalue weighted by molar-refractivity contribution is -0.385. The molecule has 0 saturated carbocycles. The number of nitrogens with zero attached hydrogens (tertiary/aromatic N) is 4. The molecule has 0 bridgehead atoms. The van der Waals surface area contributed by atoms with Crippen molar-refractivity contribution in [1.82, 2.24) is 15.0 Å². The summed E-state index contributed by atoms with van der Waals surface area (Å²) in [5.41, 5.74) is 2.01. The molecule has 0 aliphatic rings. The fraction of sp³-hybridized carbons (Fsp3) is 0.182. The third-order valence-corrected chi connectivity index (χ3v) is 2.43. The van der Waals surface area contributed by atoms with Gasteiger partial charge >= 0.3 is 5.69 Å². The molecular weight excluding hydrogens is 234 g/mol. The number of nitro groups is 1. The van der Waals surface area contributed by atoms with E-state index in [1.807, 2.05) is 13.0 Å². The summed E-state index contributed by atoms with van der Waals surface area (Å²) in [5.74, 6) is 0.351. The SMILES string of the molecule is Cc1ccncc1CNc1ncc([N+](=O)[O-])cn1. The molecule has 0 saturated heterocycles. The monoisotopic (exact) mass is 245 g/mol. The summed E-state index contributed by atoms with van der Waals surface area (Å²) < 4.78 is 0. The van der Waals surface area contributed by atoms with Crippen LogP contribution in [-0.2, 0) is 6.54 Å². The molecule has 0 fully saturated rings. The lowest BCUT2D eigenvalue weighted by Crippen LogP contribution is -2.05. The first-order chi connectivity index (χ1) is 8.66. The Bertz CT molecular complexity index is 556. The maximum Gasteiger partial charge on any atom is 0.305 e. The second kappa shape index (κ2) is 5.17. The zero-order chi connectivity index (χ0) is 13.0. The first-order valence-electron chi connectivity index (χ1n) is 5.26. The zero-order valence-electron chi connectivity index (χ0n) is 9.70. The van der Waals surface area contributed by atoms with E-state index in [9.17, 15) is 10.1 Å². The van der Waals surface area contributed by atoms with Crippen molar-refractivity contribution < 1.29 is 4.92 Å². The molecule has 2 aromatic rings. The maximum atomic E-state index is 10.4. The smallest absolute Gasteiger partial charge is 0.305 e. The number of hydrogen-bond donors (Lipinski definition) is 1. The molecule has 7 heteroatoms. The summed E-state index contributed by atoms with van der Waals surface area (Å²) in [6, 6.07) is 1.91. The molecule has 18 heavy (non-hydrogen) atoms. The summed E-state index contributed by atoms with van der Waals surface area (Å²) in [5, 5.41) is 13.4. The molecule has 0 aliphatic carbocycles. The van der Waals surface area contributed by atoms with E-state index >= 15 is 0 Å². The third-order valence-electron chi connectivity index (χ3n) is 2.43. The zero-order valence-corrected chi connectivity index (χ0v) is 9.70. The molecule has 1 N–H and O–H groups in total. The Balaban J connectivity index is 2.02. The number of rotatable bonds is 4. The van der Waals surface area contributed by atoms with E-state index in [0.29, 0.717) is 12.5 Å². The van der Waals surface area contributed by atoms with Crippen LogP contribution >= 0.6 is 0 Å². The van der Waals surface area contributed by atoms with Crippen LogP contribution in [0.2, 0.25) is 0 Å². The fourth-order valence-corrected chi connectivity index (χ4v) is 1.36. The number of aryl methyl sites for hydroxylation is 1. The van der Waals surface area contributed by atoms with Crippen molar-refractivity contribution in [3.63, 3.8) is 0 Å². The third kappa shape index (κ3) is 2.76. The van der Waals surface area contributed by atoms with E-state index in [4.69, 9.17) is 0 Å². The van der Waals surface area contributed by atoms with Gasteiger partial charge in [-0.2, -0.15) is 0 Å². The first-order valence-corrected chi connectivity index (χ1v) is 5.26. The number of aromatic nitrogens is 3. The van der Waals surface area contributed by atoms with E-state index in [-0.39, 0.29) is 5.69 Å². The Kier molecular flexibility index (Phi) is 3.42. The highest BCUT2D eigenvalue weighted by atomic mass is 16.6. The van der Waals surface area contributed by atoms with Crippen LogP contribution in [0.1, 0.15) is 11.1 Å². The predicted molar refractivity (Wildman–Crippen MR) is 65.0 cm³/mol. The molecule has 92 valence electrons. The number of anilines is 1. The van der Waals surface area contributed by atoms with E-state index < -0.39 is 4.92 Å². The van der Waals surface area contributed by atoms with Crippen LogP contribution in [0.25, 0.3) is 0 Å². The van der Waals surface area contributed by atoms with Crippen LogP contribution in [-0.4, -0.2) is 19.9 Å². The van der Waals surface area contributed by atoms with Gasteiger partial charge in [0.1, 0.15) is 12.4 Å². The molecule has 2 heterocycles.